The predicted octanol–water partition coefficient (Wildman–Crippen LogP) is 2.24. The molecule has 0 unspecified atom stereocenters. The zero-order valence-corrected chi connectivity index (χ0v) is 8.65. The molecule has 0 spiro atoms. The van der Waals surface area contributed by atoms with E-state index in [9.17, 15) is 10.1 Å². The molecule has 0 saturated carbocycles. The predicted molar refractivity (Wildman–Crippen MR) is 52.2 cm³/mol. The van der Waals surface area contributed by atoms with Crippen molar-refractivity contribution in [3.63, 3.8) is 0 Å². The van der Waals surface area contributed by atoms with E-state index in [0.29, 0.717) is 18.0 Å². The van der Waals surface area contributed by atoms with Gasteiger partial charge in [0.25, 0.3) is 0 Å². The minimum absolute atomic E-state index is 0.0475. The zero-order chi connectivity index (χ0) is 10.7. The van der Waals surface area contributed by atoms with Gasteiger partial charge in [0.05, 0.1) is 4.92 Å². The maximum absolute atomic E-state index is 10.6. The molecule has 0 amide bonds. The summed E-state index contributed by atoms with van der Waals surface area (Å²) in [4.78, 5) is 17.5. The van der Waals surface area contributed by atoms with Gasteiger partial charge in [-0.15, -0.1) is 0 Å². The number of rotatable bonds is 3. The number of halogens is 1. The third-order valence-corrected chi connectivity index (χ3v) is 1.80. The van der Waals surface area contributed by atoms with Gasteiger partial charge in [-0.2, -0.15) is 0 Å². The van der Waals surface area contributed by atoms with E-state index in [1.165, 1.54) is 0 Å². The lowest BCUT2D eigenvalue weighted by Gasteiger charge is -2.04. The number of hydrogen-bond acceptors (Lipinski definition) is 4. The molecule has 0 aliphatic heterocycles. The van der Waals surface area contributed by atoms with Crippen LogP contribution in [0.15, 0.2) is 6.20 Å². The molecule has 1 aromatic heterocycles. The van der Waals surface area contributed by atoms with Gasteiger partial charge in [-0.25, -0.2) is 9.97 Å². The summed E-state index contributed by atoms with van der Waals surface area (Å²) < 4.78 is 0. The highest BCUT2D eigenvalue weighted by molar-refractivity contribution is 6.28. The minimum Gasteiger partial charge on any atom is -0.258 e. The van der Waals surface area contributed by atoms with Crippen LogP contribution in [0.2, 0.25) is 5.28 Å². The second-order valence-electron chi connectivity index (χ2n) is 3.33. The Kier molecular flexibility index (Phi) is 3.35. The summed E-state index contributed by atoms with van der Waals surface area (Å²) in [5.74, 6) is 0.291. The van der Waals surface area contributed by atoms with Gasteiger partial charge in [0.1, 0.15) is 11.9 Å². The van der Waals surface area contributed by atoms with Crippen molar-refractivity contribution in [3.05, 3.63) is 27.3 Å². The highest BCUT2D eigenvalue weighted by Gasteiger charge is 2.17. The summed E-state index contributed by atoms with van der Waals surface area (Å²) in [5, 5.41) is 10.6. The van der Waals surface area contributed by atoms with Crippen LogP contribution in [0.25, 0.3) is 0 Å². The molecule has 0 saturated heterocycles. The van der Waals surface area contributed by atoms with Gasteiger partial charge in [0.2, 0.25) is 5.28 Å². The normalized spacial score (nSPS) is 10.6. The fourth-order valence-electron chi connectivity index (χ4n) is 1.08. The smallest absolute Gasteiger partial charge is 0.258 e. The monoisotopic (exact) mass is 215 g/mol. The van der Waals surface area contributed by atoms with E-state index >= 15 is 0 Å². The van der Waals surface area contributed by atoms with Gasteiger partial charge < -0.3 is 0 Å². The molecule has 0 fully saturated rings. The first-order chi connectivity index (χ1) is 6.50. The molecule has 0 bridgehead atoms. The van der Waals surface area contributed by atoms with Crippen molar-refractivity contribution in [2.75, 3.05) is 0 Å². The molecule has 0 N–H and O–H groups in total. The molecule has 0 aromatic carbocycles. The molecule has 0 aliphatic rings. The first kappa shape index (κ1) is 10.8. The van der Waals surface area contributed by atoms with E-state index in [2.05, 4.69) is 9.97 Å². The molecule has 0 atom stereocenters. The van der Waals surface area contributed by atoms with Crippen LogP contribution in [0, 0.1) is 16.0 Å². The lowest BCUT2D eigenvalue weighted by Crippen LogP contribution is -2.04. The Hall–Kier alpha value is -1.23. The summed E-state index contributed by atoms with van der Waals surface area (Å²) in [7, 11) is 0. The van der Waals surface area contributed by atoms with Gasteiger partial charge >= 0.3 is 5.69 Å². The lowest BCUT2D eigenvalue weighted by atomic mass is 10.1. The highest BCUT2D eigenvalue weighted by Crippen LogP contribution is 2.19. The van der Waals surface area contributed by atoms with E-state index < -0.39 is 4.92 Å². The first-order valence-corrected chi connectivity index (χ1v) is 4.54. The number of aromatic nitrogens is 2. The average molecular weight is 216 g/mol. The van der Waals surface area contributed by atoms with E-state index in [1.807, 2.05) is 13.8 Å². The molecule has 6 heteroatoms. The Morgan fingerprint density at radius 3 is 2.79 bits per heavy atom. The second kappa shape index (κ2) is 4.32. The van der Waals surface area contributed by atoms with Crippen molar-refractivity contribution in [1.29, 1.82) is 0 Å². The third kappa shape index (κ3) is 2.63. The first-order valence-electron chi connectivity index (χ1n) is 4.16. The fraction of sp³-hybridized carbons (Fsp3) is 0.500. The SMILES string of the molecule is CC(C)Cc1nc(Cl)ncc1[N+](=O)[O-]. The molecule has 0 radical (unpaired) electrons. The fourth-order valence-corrected chi connectivity index (χ4v) is 1.23. The van der Waals surface area contributed by atoms with Crippen molar-refractivity contribution in [2.24, 2.45) is 5.92 Å². The van der Waals surface area contributed by atoms with Gasteiger partial charge in [0.15, 0.2) is 0 Å². The summed E-state index contributed by atoms with van der Waals surface area (Å²) in [6.07, 6.45) is 1.67. The average Bonchev–Trinajstić information content (AvgIpc) is 2.01. The molecule has 1 rings (SSSR count). The van der Waals surface area contributed by atoms with Crippen LogP contribution >= 0.6 is 11.6 Å². The Bertz CT molecular complexity index is 354. The van der Waals surface area contributed by atoms with Gasteiger partial charge in [0, 0.05) is 0 Å². The van der Waals surface area contributed by atoms with Crippen molar-refractivity contribution in [3.8, 4) is 0 Å². The Morgan fingerprint density at radius 2 is 2.29 bits per heavy atom. The second-order valence-corrected chi connectivity index (χ2v) is 3.66. The Morgan fingerprint density at radius 1 is 1.64 bits per heavy atom. The van der Waals surface area contributed by atoms with Crippen LogP contribution in [0.1, 0.15) is 19.5 Å². The summed E-state index contributed by atoms with van der Waals surface area (Å²) >= 11 is 5.56. The standard InChI is InChI=1S/C8H10ClN3O2/c1-5(2)3-6-7(12(13)14)4-10-8(9)11-6/h4-5H,3H2,1-2H3. The third-order valence-electron chi connectivity index (χ3n) is 1.61. The molecule has 1 heterocycles. The van der Waals surface area contributed by atoms with E-state index in [0.717, 1.165) is 6.20 Å². The lowest BCUT2D eigenvalue weighted by molar-refractivity contribution is -0.386. The topological polar surface area (TPSA) is 68.9 Å². The number of nitro groups is 1. The molecule has 0 aliphatic carbocycles. The highest BCUT2D eigenvalue weighted by atomic mass is 35.5. The maximum Gasteiger partial charge on any atom is 0.308 e. The molecular weight excluding hydrogens is 206 g/mol. The largest absolute Gasteiger partial charge is 0.308 e. The van der Waals surface area contributed by atoms with Crippen molar-refractivity contribution < 1.29 is 4.92 Å². The molecule has 1 aromatic rings. The van der Waals surface area contributed by atoms with Gasteiger partial charge in [-0.3, -0.25) is 10.1 Å². The van der Waals surface area contributed by atoms with Crippen molar-refractivity contribution >= 4 is 17.3 Å². The van der Waals surface area contributed by atoms with Crippen LogP contribution in [-0.2, 0) is 6.42 Å². The van der Waals surface area contributed by atoms with Gasteiger partial charge in [-0.05, 0) is 23.9 Å². The summed E-state index contributed by atoms with van der Waals surface area (Å²) in [6.45, 7) is 3.92. The number of nitrogens with zero attached hydrogens (tertiary/aromatic N) is 3. The van der Waals surface area contributed by atoms with Crippen molar-refractivity contribution in [1.82, 2.24) is 9.97 Å². The van der Waals surface area contributed by atoms with Gasteiger partial charge in [-0.1, -0.05) is 13.8 Å². The van der Waals surface area contributed by atoms with Crippen LogP contribution in [-0.4, -0.2) is 14.9 Å². The molecule has 14 heavy (non-hydrogen) atoms. The van der Waals surface area contributed by atoms with E-state index in [-0.39, 0.29) is 11.0 Å². The minimum atomic E-state index is -0.492. The van der Waals surface area contributed by atoms with E-state index in [4.69, 9.17) is 11.6 Å². The molecular formula is C8H10ClN3O2. The van der Waals surface area contributed by atoms with Crippen LogP contribution in [0.3, 0.4) is 0 Å². The quantitative estimate of drug-likeness (QED) is 0.441. The maximum atomic E-state index is 10.6. The molecule has 5 nitrogen and oxygen atoms in total. The van der Waals surface area contributed by atoms with Crippen LogP contribution in [0.5, 0.6) is 0 Å². The zero-order valence-electron chi connectivity index (χ0n) is 7.90. The van der Waals surface area contributed by atoms with Crippen LogP contribution in [0.4, 0.5) is 5.69 Å². The van der Waals surface area contributed by atoms with E-state index in [1.54, 1.807) is 0 Å². The Labute approximate surface area is 86.3 Å². The van der Waals surface area contributed by atoms with Crippen molar-refractivity contribution in [2.45, 2.75) is 20.3 Å². The Balaban J connectivity index is 3.09. The number of hydrogen-bond donors (Lipinski definition) is 0. The summed E-state index contributed by atoms with van der Waals surface area (Å²) in [6, 6.07) is 0. The summed E-state index contributed by atoms with van der Waals surface area (Å²) in [5.41, 5.74) is 0.327. The van der Waals surface area contributed by atoms with Crippen LogP contribution < -0.4 is 0 Å². The molecule has 76 valence electrons.